The second kappa shape index (κ2) is 10.8. The molecule has 0 heterocycles. The summed E-state index contributed by atoms with van der Waals surface area (Å²) in [6.07, 6.45) is 2.90. The van der Waals surface area contributed by atoms with E-state index < -0.39 is 10.0 Å². The number of rotatable bonds is 7. The van der Waals surface area contributed by atoms with Gasteiger partial charge in [-0.3, -0.25) is 4.99 Å². The van der Waals surface area contributed by atoms with Crippen molar-refractivity contribution in [1.82, 2.24) is 15.4 Å². The lowest BCUT2D eigenvalue weighted by Crippen LogP contribution is -2.42. The average Bonchev–Trinajstić information content (AvgIpc) is 2.25. The van der Waals surface area contributed by atoms with Crippen LogP contribution in [0.2, 0.25) is 0 Å². The molecule has 3 N–H and O–H groups in total. The predicted molar refractivity (Wildman–Crippen MR) is 87.1 cm³/mol. The van der Waals surface area contributed by atoms with Crippen molar-refractivity contribution in [3.8, 4) is 0 Å². The van der Waals surface area contributed by atoms with Crippen LogP contribution in [0.4, 0.5) is 0 Å². The smallest absolute Gasteiger partial charge is 0.208 e. The van der Waals surface area contributed by atoms with Gasteiger partial charge in [0.15, 0.2) is 5.96 Å². The zero-order valence-corrected chi connectivity index (χ0v) is 14.6. The first-order chi connectivity index (χ1) is 7.89. The van der Waals surface area contributed by atoms with Crippen molar-refractivity contribution >= 4 is 40.0 Å². The molecule has 0 saturated carbocycles. The summed E-state index contributed by atoms with van der Waals surface area (Å²) in [5.74, 6) is 0.749. The molecule has 0 saturated heterocycles. The topological polar surface area (TPSA) is 82.6 Å². The number of hydrogen-bond donors (Lipinski definition) is 3. The normalized spacial score (nSPS) is 13.7. The summed E-state index contributed by atoms with van der Waals surface area (Å²) >= 11 is 0. The molecule has 0 bridgehead atoms. The van der Waals surface area contributed by atoms with Crippen molar-refractivity contribution in [2.75, 3.05) is 26.4 Å². The minimum Gasteiger partial charge on any atom is -0.356 e. The molecule has 110 valence electrons. The van der Waals surface area contributed by atoms with Gasteiger partial charge in [-0.1, -0.05) is 6.92 Å². The van der Waals surface area contributed by atoms with Gasteiger partial charge in [0, 0.05) is 26.2 Å². The summed E-state index contributed by atoms with van der Waals surface area (Å²) in [4.78, 5) is 4.08. The van der Waals surface area contributed by atoms with E-state index in [1.165, 1.54) is 0 Å². The number of aliphatic imine (C=N–C) groups is 1. The lowest BCUT2D eigenvalue weighted by Gasteiger charge is -2.16. The minimum atomic E-state index is -3.08. The van der Waals surface area contributed by atoms with Gasteiger partial charge < -0.3 is 10.6 Å². The maximum Gasteiger partial charge on any atom is 0.208 e. The van der Waals surface area contributed by atoms with E-state index in [0.717, 1.165) is 18.6 Å². The number of sulfonamides is 1. The molecule has 0 aromatic carbocycles. The van der Waals surface area contributed by atoms with E-state index in [9.17, 15) is 8.42 Å². The Balaban J connectivity index is 0. The molecule has 0 fully saturated rings. The van der Waals surface area contributed by atoms with Crippen molar-refractivity contribution in [2.24, 2.45) is 4.99 Å². The second-order valence-corrected chi connectivity index (χ2v) is 5.81. The minimum absolute atomic E-state index is 0. The first-order valence-electron chi connectivity index (χ1n) is 5.81. The zero-order valence-electron chi connectivity index (χ0n) is 11.5. The SMILES string of the molecule is CCC(C)NC(=NC)NCCCNS(C)(=O)=O.I. The first kappa shape index (κ1) is 20.2. The maximum absolute atomic E-state index is 10.8. The lowest BCUT2D eigenvalue weighted by molar-refractivity contribution is 0.583. The van der Waals surface area contributed by atoms with Gasteiger partial charge in [0.05, 0.1) is 6.26 Å². The van der Waals surface area contributed by atoms with E-state index in [2.05, 4.69) is 34.2 Å². The molecule has 0 amide bonds. The molecule has 8 heteroatoms. The largest absolute Gasteiger partial charge is 0.356 e. The van der Waals surface area contributed by atoms with Gasteiger partial charge in [-0.05, 0) is 19.8 Å². The maximum atomic E-state index is 10.8. The number of nitrogens with zero attached hydrogens (tertiary/aromatic N) is 1. The van der Waals surface area contributed by atoms with E-state index in [1.807, 2.05) is 0 Å². The fraction of sp³-hybridized carbons (Fsp3) is 0.900. The van der Waals surface area contributed by atoms with Gasteiger partial charge >= 0.3 is 0 Å². The second-order valence-electron chi connectivity index (χ2n) is 3.97. The summed E-state index contributed by atoms with van der Waals surface area (Å²) in [6.45, 7) is 5.30. The molecule has 0 rings (SSSR count). The molecule has 0 aromatic rings. The third kappa shape index (κ3) is 12.4. The van der Waals surface area contributed by atoms with Crippen LogP contribution in [0.3, 0.4) is 0 Å². The van der Waals surface area contributed by atoms with Crippen LogP contribution in [0, 0.1) is 0 Å². The molecule has 0 aliphatic heterocycles. The average molecular weight is 392 g/mol. The highest BCUT2D eigenvalue weighted by atomic mass is 127. The van der Waals surface area contributed by atoms with Gasteiger partial charge in [-0.25, -0.2) is 13.1 Å². The molecule has 6 nitrogen and oxygen atoms in total. The van der Waals surface area contributed by atoms with E-state index in [1.54, 1.807) is 7.05 Å². The summed E-state index contributed by atoms with van der Waals surface area (Å²) in [5, 5.41) is 6.35. The summed E-state index contributed by atoms with van der Waals surface area (Å²) in [5.41, 5.74) is 0. The van der Waals surface area contributed by atoms with Crippen LogP contribution < -0.4 is 15.4 Å². The quantitative estimate of drug-likeness (QED) is 0.255. The predicted octanol–water partition coefficient (Wildman–Crippen LogP) is 0.507. The van der Waals surface area contributed by atoms with Crippen molar-refractivity contribution in [2.45, 2.75) is 32.7 Å². The fourth-order valence-electron chi connectivity index (χ4n) is 1.08. The monoisotopic (exact) mass is 392 g/mol. The van der Waals surface area contributed by atoms with E-state index >= 15 is 0 Å². The Labute approximate surface area is 127 Å². The third-order valence-corrected chi connectivity index (χ3v) is 2.96. The molecule has 0 spiro atoms. The molecular weight excluding hydrogens is 367 g/mol. The molecule has 0 aliphatic rings. The number of halogens is 1. The van der Waals surface area contributed by atoms with Crippen LogP contribution in [0.1, 0.15) is 26.7 Å². The molecule has 1 atom stereocenters. The zero-order chi connectivity index (χ0) is 13.3. The van der Waals surface area contributed by atoms with Gasteiger partial charge in [0.25, 0.3) is 0 Å². The van der Waals surface area contributed by atoms with E-state index in [-0.39, 0.29) is 24.0 Å². The molecule has 1 unspecified atom stereocenters. The Hall–Kier alpha value is -0.0900. The van der Waals surface area contributed by atoms with Crippen LogP contribution in [0.5, 0.6) is 0 Å². The number of nitrogens with one attached hydrogen (secondary N) is 3. The summed E-state index contributed by atoms with van der Waals surface area (Å²) < 4.78 is 24.0. The number of guanidine groups is 1. The fourth-order valence-corrected chi connectivity index (χ4v) is 1.60. The Morgan fingerprint density at radius 3 is 2.39 bits per heavy atom. The van der Waals surface area contributed by atoms with Crippen molar-refractivity contribution in [3.05, 3.63) is 0 Å². The molecular formula is C10H25IN4O2S. The Kier molecular flexibility index (Phi) is 12.1. The molecule has 0 aromatic heterocycles. The van der Waals surface area contributed by atoms with Gasteiger partial charge in [-0.15, -0.1) is 24.0 Å². The van der Waals surface area contributed by atoms with Gasteiger partial charge in [-0.2, -0.15) is 0 Å². The van der Waals surface area contributed by atoms with Crippen LogP contribution in [0.25, 0.3) is 0 Å². The van der Waals surface area contributed by atoms with Crippen LogP contribution in [-0.2, 0) is 10.0 Å². The molecule has 0 radical (unpaired) electrons. The highest BCUT2D eigenvalue weighted by Gasteiger charge is 2.02. The molecule has 18 heavy (non-hydrogen) atoms. The molecule has 0 aliphatic carbocycles. The van der Waals surface area contributed by atoms with E-state index in [4.69, 9.17) is 0 Å². The van der Waals surface area contributed by atoms with Gasteiger partial charge in [0.1, 0.15) is 0 Å². The number of hydrogen-bond acceptors (Lipinski definition) is 3. The van der Waals surface area contributed by atoms with Crippen LogP contribution in [-0.4, -0.2) is 46.8 Å². The van der Waals surface area contributed by atoms with Gasteiger partial charge in [0.2, 0.25) is 10.0 Å². The van der Waals surface area contributed by atoms with Crippen molar-refractivity contribution in [3.63, 3.8) is 0 Å². The third-order valence-electron chi connectivity index (χ3n) is 2.23. The first-order valence-corrected chi connectivity index (χ1v) is 7.70. The lowest BCUT2D eigenvalue weighted by atomic mass is 10.3. The Morgan fingerprint density at radius 1 is 1.33 bits per heavy atom. The standard InChI is InChI=1S/C10H24N4O2S.HI/c1-5-9(2)14-10(11-3)12-7-6-8-13-17(4,15)16;/h9,13H,5-8H2,1-4H3,(H2,11,12,14);1H. The Morgan fingerprint density at radius 2 is 1.94 bits per heavy atom. The van der Waals surface area contributed by atoms with Crippen LogP contribution in [0.15, 0.2) is 4.99 Å². The summed E-state index contributed by atoms with van der Waals surface area (Å²) in [7, 11) is -1.36. The Bertz CT molecular complexity index is 333. The highest BCUT2D eigenvalue weighted by Crippen LogP contribution is 1.87. The van der Waals surface area contributed by atoms with Crippen molar-refractivity contribution in [1.29, 1.82) is 0 Å². The van der Waals surface area contributed by atoms with Crippen LogP contribution >= 0.6 is 24.0 Å². The van der Waals surface area contributed by atoms with E-state index in [0.29, 0.717) is 25.6 Å². The summed E-state index contributed by atoms with van der Waals surface area (Å²) in [6, 6.07) is 0.371. The van der Waals surface area contributed by atoms with Crippen molar-refractivity contribution < 1.29 is 8.42 Å². The highest BCUT2D eigenvalue weighted by molar-refractivity contribution is 14.0.